The third-order valence-corrected chi connectivity index (χ3v) is 7.62. The molecule has 1 heterocycles. The normalized spacial score (nSPS) is 15.9. The van der Waals surface area contributed by atoms with Gasteiger partial charge in [-0.2, -0.15) is 4.31 Å². The first-order valence-corrected chi connectivity index (χ1v) is 11.3. The molecule has 0 aliphatic carbocycles. The highest BCUT2D eigenvalue weighted by Crippen LogP contribution is 2.31. The molecule has 8 heteroatoms. The lowest BCUT2D eigenvalue weighted by Gasteiger charge is -2.31. The Morgan fingerprint density at radius 1 is 1.17 bits per heavy atom. The summed E-state index contributed by atoms with van der Waals surface area (Å²) in [5.41, 5.74) is 2.34. The van der Waals surface area contributed by atoms with Crippen molar-refractivity contribution < 1.29 is 17.9 Å². The van der Waals surface area contributed by atoms with Crippen molar-refractivity contribution in [2.75, 3.05) is 25.5 Å². The molecule has 0 atom stereocenters. The number of ether oxygens (including phenoxy) is 1. The maximum atomic E-state index is 13.1. The molecule has 1 amide bonds. The molecule has 1 N–H and O–H groups in total. The maximum Gasteiger partial charge on any atom is 0.246 e. The second-order valence-electron chi connectivity index (χ2n) is 7.23. The van der Waals surface area contributed by atoms with E-state index in [1.54, 1.807) is 24.3 Å². The quantitative estimate of drug-likeness (QED) is 0.768. The monoisotopic (exact) mass is 436 g/mol. The molecule has 6 nitrogen and oxygen atoms in total. The molecule has 0 unspecified atom stereocenters. The van der Waals surface area contributed by atoms with Crippen LogP contribution in [0.3, 0.4) is 0 Å². The molecule has 1 fully saturated rings. The zero-order chi connectivity index (χ0) is 21.2. The minimum absolute atomic E-state index is 0.111. The van der Waals surface area contributed by atoms with E-state index in [4.69, 9.17) is 16.3 Å². The predicted octanol–water partition coefficient (Wildman–Crippen LogP) is 4.00. The Morgan fingerprint density at radius 2 is 1.86 bits per heavy atom. The lowest BCUT2D eigenvalue weighted by molar-refractivity contribution is -0.120. The van der Waals surface area contributed by atoms with Crippen molar-refractivity contribution >= 4 is 33.2 Å². The van der Waals surface area contributed by atoms with Crippen LogP contribution >= 0.6 is 11.6 Å². The summed E-state index contributed by atoms with van der Waals surface area (Å²) in [6.07, 6.45) is 0.914. The largest absolute Gasteiger partial charge is 0.495 e. The van der Waals surface area contributed by atoms with Crippen LogP contribution in [0.2, 0.25) is 5.02 Å². The van der Waals surface area contributed by atoms with Crippen LogP contribution in [-0.4, -0.2) is 38.8 Å². The van der Waals surface area contributed by atoms with Crippen LogP contribution in [0, 0.1) is 19.8 Å². The van der Waals surface area contributed by atoms with Gasteiger partial charge in [0.2, 0.25) is 15.9 Å². The van der Waals surface area contributed by atoms with E-state index in [-0.39, 0.29) is 29.8 Å². The highest BCUT2D eigenvalue weighted by Gasteiger charge is 2.33. The second kappa shape index (κ2) is 8.73. The number of hydrogen-bond acceptors (Lipinski definition) is 4. The first kappa shape index (κ1) is 21.6. The van der Waals surface area contributed by atoms with Crippen molar-refractivity contribution in [2.45, 2.75) is 31.6 Å². The summed E-state index contributed by atoms with van der Waals surface area (Å²) in [6.45, 7) is 4.26. The van der Waals surface area contributed by atoms with Crippen molar-refractivity contribution in [1.82, 2.24) is 4.31 Å². The van der Waals surface area contributed by atoms with Gasteiger partial charge >= 0.3 is 0 Å². The number of sulfonamides is 1. The van der Waals surface area contributed by atoms with Crippen molar-refractivity contribution in [1.29, 1.82) is 0 Å². The predicted molar refractivity (Wildman–Crippen MR) is 114 cm³/mol. The van der Waals surface area contributed by atoms with E-state index in [9.17, 15) is 13.2 Å². The summed E-state index contributed by atoms with van der Waals surface area (Å²) in [7, 11) is -2.23. The van der Waals surface area contributed by atoms with Gasteiger partial charge in [-0.05, 0) is 62.1 Å². The average molecular weight is 437 g/mol. The molecule has 0 bridgehead atoms. The third kappa shape index (κ3) is 4.57. The fourth-order valence-electron chi connectivity index (χ4n) is 3.46. The Morgan fingerprint density at radius 3 is 2.52 bits per heavy atom. The van der Waals surface area contributed by atoms with E-state index in [0.717, 1.165) is 11.1 Å². The fraction of sp³-hybridized carbons (Fsp3) is 0.381. The molecule has 29 heavy (non-hydrogen) atoms. The van der Waals surface area contributed by atoms with Crippen molar-refractivity contribution in [3.63, 3.8) is 0 Å². The summed E-state index contributed by atoms with van der Waals surface area (Å²) >= 11 is 6.11. The van der Waals surface area contributed by atoms with Gasteiger partial charge in [-0.1, -0.05) is 23.7 Å². The first-order valence-electron chi connectivity index (χ1n) is 9.45. The van der Waals surface area contributed by atoms with Gasteiger partial charge in [0.1, 0.15) is 10.6 Å². The van der Waals surface area contributed by atoms with E-state index in [1.165, 1.54) is 11.4 Å². The molecule has 3 rings (SSSR count). The standard InChI is InChI=1S/C21H25ClN2O4S/c1-14-7-8-19(28-3)20(13-14)29(26,27)24-11-9-16(10-12-24)21(25)23-18-6-4-5-17(22)15(18)2/h4-8,13,16H,9-12H2,1-3H3,(H,23,25). The number of anilines is 1. The molecule has 2 aromatic carbocycles. The SMILES string of the molecule is COc1ccc(C)cc1S(=O)(=O)N1CCC(C(=O)Nc2cccc(Cl)c2C)CC1. The zero-order valence-electron chi connectivity index (χ0n) is 16.7. The van der Waals surface area contributed by atoms with Crippen molar-refractivity contribution in [2.24, 2.45) is 5.92 Å². The summed E-state index contributed by atoms with van der Waals surface area (Å²) in [6, 6.07) is 10.5. The van der Waals surface area contributed by atoms with Crippen LogP contribution in [0.4, 0.5) is 5.69 Å². The fourth-order valence-corrected chi connectivity index (χ4v) is 5.35. The van der Waals surface area contributed by atoms with Gasteiger partial charge in [0.05, 0.1) is 7.11 Å². The number of nitrogens with zero attached hydrogens (tertiary/aromatic N) is 1. The smallest absolute Gasteiger partial charge is 0.246 e. The molecule has 156 valence electrons. The number of carbonyl (C=O) groups excluding carboxylic acids is 1. The van der Waals surface area contributed by atoms with Gasteiger partial charge in [0.15, 0.2) is 0 Å². The summed E-state index contributed by atoms with van der Waals surface area (Å²) in [5.74, 6) is -0.0355. The minimum Gasteiger partial charge on any atom is -0.495 e. The number of carbonyl (C=O) groups is 1. The van der Waals surface area contributed by atoms with E-state index < -0.39 is 10.0 Å². The summed E-state index contributed by atoms with van der Waals surface area (Å²) in [4.78, 5) is 12.8. The molecule has 1 aliphatic rings. The van der Waals surface area contributed by atoms with Crippen LogP contribution in [-0.2, 0) is 14.8 Å². The number of aryl methyl sites for hydroxylation is 1. The highest BCUT2D eigenvalue weighted by atomic mass is 35.5. The van der Waals surface area contributed by atoms with E-state index in [0.29, 0.717) is 29.3 Å². The molecule has 0 radical (unpaired) electrons. The Balaban J connectivity index is 1.69. The van der Waals surface area contributed by atoms with Crippen molar-refractivity contribution in [3.05, 3.63) is 52.5 Å². The van der Waals surface area contributed by atoms with Crippen LogP contribution in [0.1, 0.15) is 24.0 Å². The lowest BCUT2D eigenvalue weighted by atomic mass is 9.97. The number of hydrogen-bond donors (Lipinski definition) is 1. The molecular weight excluding hydrogens is 412 g/mol. The Hall–Kier alpha value is -2.09. The number of nitrogens with one attached hydrogen (secondary N) is 1. The van der Waals surface area contributed by atoms with Gasteiger partial charge in [-0.25, -0.2) is 8.42 Å². The zero-order valence-corrected chi connectivity index (χ0v) is 18.3. The van der Waals surface area contributed by atoms with E-state index in [1.807, 2.05) is 26.0 Å². The van der Waals surface area contributed by atoms with Gasteiger partial charge in [0.25, 0.3) is 0 Å². The topological polar surface area (TPSA) is 75.7 Å². The lowest BCUT2D eigenvalue weighted by Crippen LogP contribution is -2.41. The van der Waals surface area contributed by atoms with Gasteiger partial charge in [-0.15, -0.1) is 0 Å². The van der Waals surface area contributed by atoms with Gasteiger partial charge < -0.3 is 10.1 Å². The van der Waals surface area contributed by atoms with Crippen LogP contribution < -0.4 is 10.1 Å². The van der Waals surface area contributed by atoms with E-state index in [2.05, 4.69) is 5.32 Å². The first-order chi connectivity index (χ1) is 13.7. The number of amides is 1. The number of methoxy groups -OCH3 is 1. The number of halogens is 1. The van der Waals surface area contributed by atoms with Crippen LogP contribution in [0.5, 0.6) is 5.75 Å². The highest BCUT2D eigenvalue weighted by molar-refractivity contribution is 7.89. The maximum absolute atomic E-state index is 13.1. The Bertz CT molecular complexity index is 1020. The van der Waals surface area contributed by atoms with E-state index >= 15 is 0 Å². The summed E-state index contributed by atoms with van der Waals surface area (Å²) in [5, 5.41) is 3.51. The summed E-state index contributed by atoms with van der Waals surface area (Å²) < 4.78 is 32.9. The van der Waals surface area contributed by atoms with Gasteiger partial charge in [0, 0.05) is 29.7 Å². The number of rotatable bonds is 5. The van der Waals surface area contributed by atoms with Crippen molar-refractivity contribution in [3.8, 4) is 5.75 Å². The molecule has 0 spiro atoms. The number of piperidine rings is 1. The molecular formula is C21H25ClN2O4S. The average Bonchev–Trinajstić information content (AvgIpc) is 2.71. The van der Waals surface area contributed by atoms with Crippen LogP contribution in [0.25, 0.3) is 0 Å². The molecule has 0 aromatic heterocycles. The Labute approximate surface area is 176 Å². The molecule has 2 aromatic rings. The molecule has 1 aliphatic heterocycles. The third-order valence-electron chi connectivity index (χ3n) is 5.29. The second-order valence-corrected chi connectivity index (χ2v) is 9.55. The van der Waals surface area contributed by atoms with Gasteiger partial charge in [-0.3, -0.25) is 4.79 Å². The molecule has 1 saturated heterocycles. The Kier molecular flexibility index (Phi) is 6.51. The van der Waals surface area contributed by atoms with Crippen LogP contribution in [0.15, 0.2) is 41.3 Å². The molecule has 0 saturated carbocycles. The minimum atomic E-state index is -3.69. The number of benzene rings is 2.